The largest absolute Gasteiger partial charge is 0.460 e. The number of nitrogens with zero attached hydrogens (tertiary/aromatic N) is 1. The SMILES string of the molecule is O=C(CCBr)N1CCC[C@]23C(=O)O[C@H](CC=C12)[C@@H]3I. The summed E-state index contributed by atoms with van der Waals surface area (Å²) in [6.45, 7) is 0.723. The summed E-state index contributed by atoms with van der Waals surface area (Å²) in [4.78, 5) is 26.4. The molecule has 0 N–H and O–H groups in total. The number of esters is 1. The zero-order chi connectivity index (χ0) is 13.6. The number of carbonyl (C=O) groups excluding carboxylic acids is 2. The van der Waals surface area contributed by atoms with Gasteiger partial charge in [-0.3, -0.25) is 9.59 Å². The lowest BCUT2D eigenvalue weighted by Gasteiger charge is -2.44. The average Bonchev–Trinajstić information content (AvgIpc) is 2.56. The lowest BCUT2D eigenvalue weighted by atomic mass is 9.71. The Morgan fingerprint density at radius 3 is 3.16 bits per heavy atom. The fourth-order valence-electron chi connectivity index (χ4n) is 3.39. The second kappa shape index (κ2) is 5.02. The molecule has 0 aromatic heterocycles. The molecule has 0 aromatic rings. The summed E-state index contributed by atoms with van der Waals surface area (Å²) in [6, 6.07) is 0. The van der Waals surface area contributed by atoms with Crippen LogP contribution in [0.1, 0.15) is 25.7 Å². The zero-order valence-corrected chi connectivity index (χ0v) is 14.1. The number of hydrogen-bond donors (Lipinski definition) is 0. The Hall–Kier alpha value is -0.110. The molecule has 2 fully saturated rings. The lowest BCUT2D eigenvalue weighted by Crippen LogP contribution is -2.51. The number of alkyl halides is 2. The quantitative estimate of drug-likeness (QED) is 0.377. The highest BCUT2D eigenvalue weighted by molar-refractivity contribution is 14.1. The molecular formula is C13H15BrINO3. The molecule has 2 saturated heterocycles. The van der Waals surface area contributed by atoms with Crippen molar-refractivity contribution >= 4 is 50.4 Å². The number of halogens is 2. The standard InChI is InChI=1S/C13H15BrINO3/c14-6-4-10(17)16-7-1-5-13-9(16)3-2-8(11(13)15)19-12(13)18/h3,8,11H,1-2,4-7H2/t8-,11+,13+/m1/s1. The van der Waals surface area contributed by atoms with Gasteiger partial charge in [-0.25, -0.2) is 0 Å². The van der Waals surface area contributed by atoms with Gasteiger partial charge in [0, 0.05) is 30.4 Å². The van der Waals surface area contributed by atoms with Crippen molar-refractivity contribution in [1.29, 1.82) is 0 Å². The maximum Gasteiger partial charge on any atom is 0.319 e. The first-order valence-electron chi connectivity index (χ1n) is 6.53. The van der Waals surface area contributed by atoms with E-state index in [0.717, 1.165) is 31.5 Å². The first-order chi connectivity index (χ1) is 9.11. The summed E-state index contributed by atoms with van der Waals surface area (Å²) >= 11 is 5.64. The van der Waals surface area contributed by atoms with Gasteiger partial charge < -0.3 is 9.64 Å². The highest BCUT2D eigenvalue weighted by atomic mass is 127. The van der Waals surface area contributed by atoms with E-state index < -0.39 is 5.41 Å². The van der Waals surface area contributed by atoms with Crippen LogP contribution in [0.3, 0.4) is 0 Å². The molecule has 3 rings (SSSR count). The van der Waals surface area contributed by atoms with Gasteiger partial charge in [-0.1, -0.05) is 44.6 Å². The molecule has 2 heterocycles. The van der Waals surface area contributed by atoms with Crippen molar-refractivity contribution in [2.24, 2.45) is 5.41 Å². The Labute approximate surface area is 134 Å². The van der Waals surface area contributed by atoms with Crippen LogP contribution in [0.25, 0.3) is 0 Å². The summed E-state index contributed by atoms with van der Waals surface area (Å²) < 4.78 is 5.65. The van der Waals surface area contributed by atoms with E-state index >= 15 is 0 Å². The molecule has 3 aliphatic rings. The van der Waals surface area contributed by atoms with Crippen molar-refractivity contribution in [1.82, 2.24) is 4.90 Å². The molecular weight excluding hydrogens is 425 g/mol. The van der Waals surface area contributed by atoms with Crippen molar-refractivity contribution in [2.75, 3.05) is 11.9 Å². The number of carbonyl (C=O) groups is 2. The molecule has 1 aliphatic carbocycles. The van der Waals surface area contributed by atoms with Crippen LogP contribution in [0.4, 0.5) is 0 Å². The minimum atomic E-state index is -0.566. The Bertz CT molecular complexity index is 467. The molecule has 1 spiro atoms. The summed E-state index contributed by atoms with van der Waals surface area (Å²) in [7, 11) is 0. The highest BCUT2D eigenvalue weighted by Gasteiger charge is 2.62. The van der Waals surface area contributed by atoms with E-state index in [4.69, 9.17) is 4.74 Å². The second-order valence-corrected chi connectivity index (χ2v) is 7.36. The van der Waals surface area contributed by atoms with Crippen LogP contribution in [-0.2, 0) is 14.3 Å². The Morgan fingerprint density at radius 1 is 1.63 bits per heavy atom. The number of likely N-dealkylation sites (tertiary alicyclic amines) is 1. The predicted octanol–water partition coefficient (Wildman–Crippen LogP) is 2.40. The number of amides is 1. The van der Waals surface area contributed by atoms with Crippen molar-refractivity contribution in [2.45, 2.75) is 35.7 Å². The van der Waals surface area contributed by atoms with Crippen LogP contribution in [0, 0.1) is 5.41 Å². The molecule has 2 bridgehead atoms. The van der Waals surface area contributed by atoms with E-state index in [1.54, 1.807) is 0 Å². The van der Waals surface area contributed by atoms with Gasteiger partial charge in [-0.15, -0.1) is 0 Å². The molecule has 1 amide bonds. The third-order valence-electron chi connectivity index (χ3n) is 4.27. The minimum absolute atomic E-state index is 0.0110. The minimum Gasteiger partial charge on any atom is -0.460 e. The van der Waals surface area contributed by atoms with Gasteiger partial charge in [0.25, 0.3) is 0 Å². The molecule has 19 heavy (non-hydrogen) atoms. The van der Waals surface area contributed by atoms with Gasteiger partial charge in [0.15, 0.2) is 0 Å². The van der Waals surface area contributed by atoms with Gasteiger partial charge in [0.2, 0.25) is 5.91 Å². The van der Waals surface area contributed by atoms with Crippen molar-refractivity contribution in [3.05, 3.63) is 11.8 Å². The molecule has 2 aliphatic heterocycles. The Kier molecular flexibility index (Phi) is 3.66. The molecule has 0 aromatic carbocycles. The van der Waals surface area contributed by atoms with Gasteiger partial charge in [-0.05, 0) is 12.8 Å². The normalized spacial score (nSPS) is 36.6. The van der Waals surface area contributed by atoms with Crippen LogP contribution in [-0.4, -0.2) is 38.7 Å². The maximum atomic E-state index is 12.3. The molecule has 0 unspecified atom stereocenters. The third kappa shape index (κ3) is 1.89. The molecule has 0 saturated carbocycles. The average molecular weight is 440 g/mol. The van der Waals surface area contributed by atoms with Gasteiger partial charge >= 0.3 is 5.97 Å². The Balaban J connectivity index is 1.99. The predicted molar refractivity (Wildman–Crippen MR) is 82.2 cm³/mol. The van der Waals surface area contributed by atoms with E-state index in [0.29, 0.717) is 11.8 Å². The molecule has 104 valence electrons. The van der Waals surface area contributed by atoms with Crippen LogP contribution in [0.2, 0.25) is 0 Å². The highest BCUT2D eigenvalue weighted by Crippen LogP contribution is 2.55. The summed E-state index contributed by atoms with van der Waals surface area (Å²) in [6.07, 6.45) is 4.91. The number of hydrogen-bond acceptors (Lipinski definition) is 3. The first-order valence-corrected chi connectivity index (χ1v) is 8.90. The summed E-state index contributed by atoms with van der Waals surface area (Å²) in [5.41, 5.74) is 0.340. The van der Waals surface area contributed by atoms with Gasteiger partial charge in [0.05, 0.1) is 3.92 Å². The van der Waals surface area contributed by atoms with Crippen LogP contribution in [0.15, 0.2) is 11.8 Å². The Morgan fingerprint density at radius 2 is 2.42 bits per heavy atom. The van der Waals surface area contributed by atoms with Gasteiger partial charge in [-0.2, -0.15) is 0 Å². The lowest BCUT2D eigenvalue weighted by molar-refractivity contribution is -0.148. The molecule has 0 radical (unpaired) electrons. The molecule has 4 nitrogen and oxygen atoms in total. The first kappa shape index (κ1) is 13.9. The van der Waals surface area contributed by atoms with Crippen molar-refractivity contribution in [3.63, 3.8) is 0 Å². The second-order valence-electron chi connectivity index (χ2n) is 5.23. The van der Waals surface area contributed by atoms with E-state index in [9.17, 15) is 9.59 Å². The summed E-state index contributed by atoms with van der Waals surface area (Å²) in [5, 5.41) is 0.656. The number of piperidine rings is 1. The molecule has 6 heteroatoms. The van der Waals surface area contributed by atoms with Crippen LogP contribution < -0.4 is 0 Å². The van der Waals surface area contributed by atoms with E-state index in [-0.39, 0.29) is 21.9 Å². The van der Waals surface area contributed by atoms with Crippen LogP contribution in [0.5, 0.6) is 0 Å². The maximum absolute atomic E-state index is 12.3. The monoisotopic (exact) mass is 439 g/mol. The topological polar surface area (TPSA) is 46.6 Å². The number of rotatable bonds is 2. The van der Waals surface area contributed by atoms with Crippen LogP contribution >= 0.6 is 38.5 Å². The third-order valence-corrected chi connectivity index (χ3v) is 6.54. The van der Waals surface area contributed by atoms with E-state index in [1.807, 2.05) is 4.90 Å². The zero-order valence-electron chi connectivity index (χ0n) is 10.4. The van der Waals surface area contributed by atoms with E-state index in [1.165, 1.54) is 0 Å². The fraction of sp³-hybridized carbons (Fsp3) is 0.692. The molecule has 3 atom stereocenters. The van der Waals surface area contributed by atoms with E-state index in [2.05, 4.69) is 44.6 Å². The smallest absolute Gasteiger partial charge is 0.319 e. The van der Waals surface area contributed by atoms with Gasteiger partial charge in [0.1, 0.15) is 11.5 Å². The fourth-order valence-corrected chi connectivity index (χ4v) is 5.05. The number of ether oxygens (including phenoxy) is 1. The summed E-state index contributed by atoms with van der Waals surface area (Å²) in [5.74, 6) is -0.0269. The number of fused-ring (bicyclic) bond motifs is 1. The van der Waals surface area contributed by atoms with Crippen molar-refractivity contribution in [3.8, 4) is 0 Å². The van der Waals surface area contributed by atoms with Crippen molar-refractivity contribution < 1.29 is 14.3 Å².